The van der Waals surface area contributed by atoms with Gasteiger partial charge in [0, 0.05) is 25.4 Å². The smallest absolute Gasteiger partial charge is 0.241 e. The van der Waals surface area contributed by atoms with Gasteiger partial charge in [0.2, 0.25) is 5.91 Å². The van der Waals surface area contributed by atoms with E-state index in [2.05, 4.69) is 10.2 Å². The number of methoxy groups -OCH3 is 1. The molecule has 3 N–H and O–H groups in total. The van der Waals surface area contributed by atoms with Gasteiger partial charge in [-0.15, -0.1) is 0 Å². The van der Waals surface area contributed by atoms with Crippen LogP contribution >= 0.6 is 11.6 Å². The Morgan fingerprint density at radius 2 is 2.29 bits per heavy atom. The summed E-state index contributed by atoms with van der Waals surface area (Å²) < 4.78 is 5.12. The van der Waals surface area contributed by atoms with Crippen molar-refractivity contribution >= 4 is 28.9 Å². The highest BCUT2D eigenvalue weighted by Gasteiger charge is 2.34. The number of nitrogens with zero attached hydrogens (tertiary/aromatic N) is 1. The molecule has 21 heavy (non-hydrogen) atoms. The third-order valence-electron chi connectivity index (χ3n) is 3.70. The molecule has 1 amide bonds. The molecule has 1 unspecified atom stereocenters. The summed E-state index contributed by atoms with van der Waals surface area (Å²) in [6.45, 7) is 3.29. The molecule has 1 atom stereocenters. The lowest BCUT2D eigenvalue weighted by molar-refractivity contribution is -0.121. The maximum Gasteiger partial charge on any atom is 0.241 e. The second-order valence-electron chi connectivity index (χ2n) is 5.37. The summed E-state index contributed by atoms with van der Waals surface area (Å²) >= 11 is 6.09. The Balaban J connectivity index is 2.00. The van der Waals surface area contributed by atoms with Gasteiger partial charge in [-0.05, 0) is 38.0 Å². The highest BCUT2D eigenvalue weighted by molar-refractivity contribution is 6.34. The van der Waals surface area contributed by atoms with E-state index < -0.39 is 0 Å². The van der Waals surface area contributed by atoms with E-state index in [1.165, 1.54) is 0 Å². The minimum Gasteiger partial charge on any atom is -0.399 e. The normalized spacial score (nSPS) is 16.0. The third kappa shape index (κ3) is 4.33. The van der Waals surface area contributed by atoms with Gasteiger partial charge in [-0.3, -0.25) is 9.69 Å². The van der Waals surface area contributed by atoms with Crippen molar-refractivity contribution in [2.45, 2.75) is 31.8 Å². The maximum absolute atomic E-state index is 12.4. The molecule has 1 saturated carbocycles. The standard InChI is InChI=1S/C15H22ClN3O2/c1-10(19(7-8-21-2)12-4-5-12)15(20)18-14-6-3-11(17)9-13(14)16/h3,6,9-10,12H,4-5,7-8,17H2,1-2H3,(H,18,20). The second kappa shape index (κ2) is 7.11. The van der Waals surface area contributed by atoms with Crippen molar-refractivity contribution in [3.05, 3.63) is 23.2 Å². The van der Waals surface area contributed by atoms with Crippen LogP contribution in [0.5, 0.6) is 0 Å². The fourth-order valence-electron chi connectivity index (χ4n) is 2.32. The zero-order valence-corrected chi connectivity index (χ0v) is 13.2. The first-order chi connectivity index (χ1) is 10.0. The summed E-state index contributed by atoms with van der Waals surface area (Å²) in [7, 11) is 1.67. The number of anilines is 2. The third-order valence-corrected chi connectivity index (χ3v) is 4.01. The predicted octanol–water partition coefficient (Wildman–Crippen LogP) is 2.36. The summed E-state index contributed by atoms with van der Waals surface area (Å²) in [6.07, 6.45) is 2.29. The molecular weight excluding hydrogens is 290 g/mol. The number of nitrogens with two attached hydrogens (primary N) is 1. The Labute approximate surface area is 130 Å². The molecule has 5 nitrogen and oxygen atoms in total. The molecule has 0 radical (unpaired) electrons. The van der Waals surface area contributed by atoms with Crippen molar-refractivity contribution in [2.75, 3.05) is 31.3 Å². The molecule has 0 saturated heterocycles. The first kappa shape index (κ1) is 16.1. The topological polar surface area (TPSA) is 67.6 Å². The molecule has 2 rings (SSSR count). The van der Waals surface area contributed by atoms with Crippen LogP contribution in [0.2, 0.25) is 5.02 Å². The van der Waals surface area contributed by atoms with E-state index in [4.69, 9.17) is 22.1 Å². The van der Waals surface area contributed by atoms with Crippen LogP contribution in [0.4, 0.5) is 11.4 Å². The molecule has 0 aromatic heterocycles. The molecule has 0 aliphatic heterocycles. The molecule has 1 aliphatic carbocycles. The van der Waals surface area contributed by atoms with Crippen molar-refractivity contribution in [2.24, 2.45) is 0 Å². The zero-order valence-electron chi connectivity index (χ0n) is 12.4. The number of carbonyl (C=O) groups excluding carboxylic acids is 1. The average molecular weight is 312 g/mol. The van der Waals surface area contributed by atoms with Crippen molar-refractivity contribution in [3.8, 4) is 0 Å². The molecule has 1 aromatic carbocycles. The molecule has 0 heterocycles. The van der Waals surface area contributed by atoms with Crippen LogP contribution in [0.1, 0.15) is 19.8 Å². The quantitative estimate of drug-likeness (QED) is 0.759. The highest BCUT2D eigenvalue weighted by atomic mass is 35.5. The maximum atomic E-state index is 12.4. The Bertz CT molecular complexity index is 506. The number of halogens is 1. The summed E-state index contributed by atoms with van der Waals surface area (Å²) in [4.78, 5) is 14.6. The van der Waals surface area contributed by atoms with Crippen LogP contribution in [0.15, 0.2) is 18.2 Å². The van der Waals surface area contributed by atoms with E-state index in [-0.39, 0.29) is 11.9 Å². The van der Waals surface area contributed by atoms with Gasteiger partial charge in [-0.1, -0.05) is 11.6 Å². The summed E-state index contributed by atoms with van der Waals surface area (Å²) in [5.74, 6) is -0.0651. The fourth-order valence-corrected chi connectivity index (χ4v) is 2.55. The number of ether oxygens (including phenoxy) is 1. The van der Waals surface area contributed by atoms with Gasteiger partial charge in [0.1, 0.15) is 0 Å². The van der Waals surface area contributed by atoms with E-state index in [9.17, 15) is 4.79 Å². The van der Waals surface area contributed by atoms with E-state index >= 15 is 0 Å². The van der Waals surface area contributed by atoms with Gasteiger partial charge < -0.3 is 15.8 Å². The van der Waals surface area contributed by atoms with Crippen LogP contribution < -0.4 is 11.1 Å². The molecule has 0 spiro atoms. The first-order valence-electron chi connectivity index (χ1n) is 7.13. The average Bonchev–Trinajstić information content (AvgIpc) is 3.26. The number of benzene rings is 1. The SMILES string of the molecule is COCCN(C1CC1)C(C)C(=O)Nc1ccc(N)cc1Cl. The van der Waals surface area contributed by atoms with Crippen LogP contribution in [0, 0.1) is 0 Å². The lowest BCUT2D eigenvalue weighted by Gasteiger charge is -2.28. The monoisotopic (exact) mass is 311 g/mol. The predicted molar refractivity (Wildman–Crippen MR) is 85.6 cm³/mol. The number of nitrogen functional groups attached to an aromatic ring is 1. The van der Waals surface area contributed by atoms with Gasteiger partial charge in [-0.2, -0.15) is 0 Å². The fraction of sp³-hybridized carbons (Fsp3) is 0.533. The van der Waals surface area contributed by atoms with E-state index in [1.807, 2.05) is 6.92 Å². The van der Waals surface area contributed by atoms with Crippen molar-refractivity contribution < 1.29 is 9.53 Å². The Hall–Kier alpha value is -1.30. The minimum absolute atomic E-state index is 0.0651. The number of hydrogen-bond donors (Lipinski definition) is 2. The van der Waals surface area contributed by atoms with Crippen LogP contribution in [-0.4, -0.2) is 43.2 Å². The lowest BCUT2D eigenvalue weighted by atomic mass is 10.2. The summed E-state index contributed by atoms with van der Waals surface area (Å²) in [6, 6.07) is 5.34. The van der Waals surface area contributed by atoms with Crippen LogP contribution in [0.25, 0.3) is 0 Å². The van der Waals surface area contributed by atoms with Crippen LogP contribution in [0.3, 0.4) is 0 Å². The van der Waals surface area contributed by atoms with Gasteiger partial charge in [0.15, 0.2) is 0 Å². The Morgan fingerprint density at radius 3 is 2.86 bits per heavy atom. The molecule has 1 fully saturated rings. The number of rotatable bonds is 7. The molecule has 1 aliphatic rings. The molecule has 116 valence electrons. The van der Waals surface area contributed by atoms with Crippen LogP contribution in [-0.2, 0) is 9.53 Å². The highest BCUT2D eigenvalue weighted by Crippen LogP contribution is 2.29. The summed E-state index contributed by atoms with van der Waals surface area (Å²) in [5, 5.41) is 3.32. The number of amides is 1. The van der Waals surface area contributed by atoms with Crippen molar-refractivity contribution in [1.29, 1.82) is 0 Å². The van der Waals surface area contributed by atoms with E-state index in [0.717, 1.165) is 19.4 Å². The Morgan fingerprint density at radius 1 is 1.57 bits per heavy atom. The summed E-state index contributed by atoms with van der Waals surface area (Å²) in [5.41, 5.74) is 6.81. The molecular formula is C15H22ClN3O2. The van der Waals surface area contributed by atoms with E-state index in [0.29, 0.717) is 29.0 Å². The van der Waals surface area contributed by atoms with Gasteiger partial charge in [0.05, 0.1) is 23.4 Å². The number of nitrogens with one attached hydrogen (secondary N) is 1. The lowest BCUT2D eigenvalue weighted by Crippen LogP contribution is -2.44. The number of carbonyl (C=O) groups is 1. The second-order valence-corrected chi connectivity index (χ2v) is 5.77. The molecule has 1 aromatic rings. The molecule has 6 heteroatoms. The van der Waals surface area contributed by atoms with Crippen molar-refractivity contribution in [1.82, 2.24) is 4.90 Å². The molecule has 0 bridgehead atoms. The first-order valence-corrected chi connectivity index (χ1v) is 7.51. The van der Waals surface area contributed by atoms with E-state index in [1.54, 1.807) is 25.3 Å². The van der Waals surface area contributed by atoms with Gasteiger partial charge in [-0.25, -0.2) is 0 Å². The van der Waals surface area contributed by atoms with Gasteiger partial charge in [0.25, 0.3) is 0 Å². The Kier molecular flexibility index (Phi) is 5.45. The zero-order chi connectivity index (χ0) is 15.4. The van der Waals surface area contributed by atoms with Crippen molar-refractivity contribution in [3.63, 3.8) is 0 Å². The largest absolute Gasteiger partial charge is 0.399 e. The minimum atomic E-state index is -0.221. The number of hydrogen-bond acceptors (Lipinski definition) is 4. The van der Waals surface area contributed by atoms with Gasteiger partial charge >= 0.3 is 0 Å².